The molecule has 1 aromatic rings. The third kappa shape index (κ3) is 3.55. The molecule has 0 bridgehead atoms. The van der Waals surface area contributed by atoms with Crippen LogP contribution in [0.3, 0.4) is 0 Å². The quantitative estimate of drug-likeness (QED) is 0.890. The Balaban J connectivity index is 2.09. The molecule has 0 saturated carbocycles. The second-order valence-electron chi connectivity index (χ2n) is 5.75. The number of hydrogen-bond donors (Lipinski definition) is 1. The number of carbonyl (C=O) groups excluding carboxylic acids is 2. The standard InChI is InChI=1S/C16H24N4O2/c1-4-9-17-15(21)12-7-8-14(18-11-12)20-10-5-6-13(20)16(22)19(2)3/h7-8,11,13H,4-6,9-10H2,1-3H3,(H,17,21). The molecule has 1 fully saturated rings. The third-order valence-electron chi connectivity index (χ3n) is 3.82. The summed E-state index contributed by atoms with van der Waals surface area (Å²) in [7, 11) is 3.54. The van der Waals surface area contributed by atoms with Gasteiger partial charge in [-0.25, -0.2) is 4.98 Å². The first-order valence-electron chi connectivity index (χ1n) is 7.76. The number of aromatic nitrogens is 1. The summed E-state index contributed by atoms with van der Waals surface area (Å²) < 4.78 is 0. The molecule has 1 unspecified atom stereocenters. The van der Waals surface area contributed by atoms with E-state index in [1.54, 1.807) is 31.3 Å². The Morgan fingerprint density at radius 3 is 2.77 bits per heavy atom. The molecule has 0 spiro atoms. The highest BCUT2D eigenvalue weighted by Gasteiger charge is 2.32. The summed E-state index contributed by atoms with van der Waals surface area (Å²) in [6.07, 6.45) is 4.30. The lowest BCUT2D eigenvalue weighted by molar-refractivity contribution is -0.129. The van der Waals surface area contributed by atoms with E-state index in [0.717, 1.165) is 31.6 Å². The van der Waals surface area contributed by atoms with Crippen LogP contribution in [0, 0.1) is 0 Å². The molecule has 0 aromatic carbocycles. The van der Waals surface area contributed by atoms with E-state index < -0.39 is 0 Å². The van der Waals surface area contributed by atoms with Crippen molar-refractivity contribution < 1.29 is 9.59 Å². The molecule has 1 atom stereocenters. The van der Waals surface area contributed by atoms with Crippen LogP contribution in [-0.4, -0.2) is 54.9 Å². The van der Waals surface area contributed by atoms with E-state index in [4.69, 9.17) is 0 Å². The normalized spacial score (nSPS) is 17.4. The SMILES string of the molecule is CCCNC(=O)c1ccc(N2CCCC2C(=O)N(C)C)nc1. The highest BCUT2D eigenvalue weighted by molar-refractivity contribution is 5.94. The van der Waals surface area contributed by atoms with Crippen molar-refractivity contribution in [1.29, 1.82) is 0 Å². The summed E-state index contributed by atoms with van der Waals surface area (Å²) in [5.74, 6) is 0.747. The van der Waals surface area contributed by atoms with E-state index in [9.17, 15) is 9.59 Å². The van der Waals surface area contributed by atoms with Crippen molar-refractivity contribution in [3.05, 3.63) is 23.9 Å². The van der Waals surface area contributed by atoms with Gasteiger partial charge in [-0.3, -0.25) is 9.59 Å². The summed E-state index contributed by atoms with van der Waals surface area (Å²) in [6.45, 7) is 3.49. The van der Waals surface area contributed by atoms with Crippen LogP contribution in [0.5, 0.6) is 0 Å². The molecule has 0 radical (unpaired) electrons. The molecule has 120 valence electrons. The van der Waals surface area contributed by atoms with E-state index in [2.05, 4.69) is 10.3 Å². The van der Waals surface area contributed by atoms with Crippen molar-refractivity contribution in [2.45, 2.75) is 32.2 Å². The van der Waals surface area contributed by atoms with Crippen molar-refractivity contribution >= 4 is 17.6 Å². The van der Waals surface area contributed by atoms with Crippen molar-refractivity contribution in [3.8, 4) is 0 Å². The molecule has 1 saturated heterocycles. The average Bonchev–Trinajstić information content (AvgIpc) is 3.01. The number of amides is 2. The lowest BCUT2D eigenvalue weighted by Gasteiger charge is -2.27. The van der Waals surface area contributed by atoms with E-state index in [0.29, 0.717) is 12.1 Å². The summed E-state index contributed by atoms with van der Waals surface area (Å²) in [5, 5.41) is 2.83. The molecule has 6 nitrogen and oxygen atoms in total. The lowest BCUT2D eigenvalue weighted by atomic mass is 10.2. The van der Waals surface area contributed by atoms with Gasteiger partial charge >= 0.3 is 0 Å². The van der Waals surface area contributed by atoms with Gasteiger partial charge in [-0.15, -0.1) is 0 Å². The molecule has 2 amide bonds. The summed E-state index contributed by atoms with van der Waals surface area (Å²) in [4.78, 5) is 32.1. The van der Waals surface area contributed by atoms with Gasteiger partial charge in [0.1, 0.15) is 11.9 Å². The maximum atomic E-state index is 12.2. The highest BCUT2D eigenvalue weighted by Crippen LogP contribution is 2.24. The Bertz CT molecular complexity index is 527. The monoisotopic (exact) mass is 304 g/mol. The largest absolute Gasteiger partial charge is 0.352 e. The van der Waals surface area contributed by atoms with Crippen LogP contribution in [-0.2, 0) is 4.79 Å². The smallest absolute Gasteiger partial charge is 0.252 e. The number of rotatable bonds is 5. The number of hydrogen-bond acceptors (Lipinski definition) is 4. The van der Waals surface area contributed by atoms with E-state index in [1.807, 2.05) is 17.9 Å². The van der Waals surface area contributed by atoms with E-state index in [-0.39, 0.29) is 17.9 Å². The van der Waals surface area contributed by atoms with Gasteiger partial charge in [-0.05, 0) is 31.4 Å². The van der Waals surface area contributed by atoms with Crippen molar-refractivity contribution in [3.63, 3.8) is 0 Å². The zero-order valence-electron chi connectivity index (χ0n) is 13.5. The van der Waals surface area contributed by atoms with E-state index >= 15 is 0 Å². The molecule has 6 heteroatoms. The van der Waals surface area contributed by atoms with Crippen LogP contribution < -0.4 is 10.2 Å². The number of pyridine rings is 1. The van der Waals surface area contributed by atoms with Gasteiger partial charge in [0.25, 0.3) is 5.91 Å². The molecule has 1 aliphatic rings. The van der Waals surface area contributed by atoms with E-state index in [1.165, 1.54) is 0 Å². The third-order valence-corrected chi connectivity index (χ3v) is 3.82. The van der Waals surface area contributed by atoms with Gasteiger partial charge in [-0.2, -0.15) is 0 Å². The first-order chi connectivity index (χ1) is 10.5. The Labute approximate surface area is 131 Å². The molecule has 22 heavy (non-hydrogen) atoms. The predicted molar refractivity (Wildman–Crippen MR) is 85.9 cm³/mol. The van der Waals surface area contributed by atoms with Crippen LogP contribution in [0.25, 0.3) is 0 Å². The molecular weight excluding hydrogens is 280 g/mol. The Morgan fingerprint density at radius 2 is 2.18 bits per heavy atom. The zero-order valence-corrected chi connectivity index (χ0v) is 13.5. The highest BCUT2D eigenvalue weighted by atomic mass is 16.2. The van der Waals surface area contributed by atoms with Gasteiger partial charge in [0.15, 0.2) is 0 Å². The predicted octanol–water partition coefficient (Wildman–Crippen LogP) is 1.28. The fourth-order valence-electron chi connectivity index (χ4n) is 2.63. The summed E-state index contributed by atoms with van der Waals surface area (Å²) >= 11 is 0. The topological polar surface area (TPSA) is 65.5 Å². The van der Waals surface area contributed by atoms with Gasteiger partial charge in [0.05, 0.1) is 5.56 Å². The minimum absolute atomic E-state index is 0.101. The fraction of sp³-hybridized carbons (Fsp3) is 0.562. The maximum Gasteiger partial charge on any atom is 0.252 e. The van der Waals surface area contributed by atoms with Gasteiger partial charge in [0.2, 0.25) is 5.91 Å². The van der Waals surface area contributed by atoms with Crippen LogP contribution in [0.1, 0.15) is 36.5 Å². The number of likely N-dealkylation sites (N-methyl/N-ethyl adjacent to an activating group) is 1. The summed E-state index contributed by atoms with van der Waals surface area (Å²) in [5.41, 5.74) is 0.548. The first kappa shape index (κ1) is 16.3. The molecule has 1 aromatic heterocycles. The zero-order chi connectivity index (χ0) is 16.1. The van der Waals surface area contributed by atoms with Gasteiger partial charge in [-0.1, -0.05) is 6.92 Å². The molecule has 2 rings (SSSR count). The minimum atomic E-state index is -0.151. The van der Waals surface area contributed by atoms with Crippen molar-refractivity contribution in [1.82, 2.24) is 15.2 Å². The molecule has 0 aliphatic carbocycles. The molecule has 1 N–H and O–H groups in total. The molecule has 1 aliphatic heterocycles. The number of anilines is 1. The number of carbonyl (C=O) groups is 2. The van der Waals surface area contributed by atoms with Crippen molar-refractivity contribution in [2.75, 3.05) is 32.1 Å². The van der Waals surface area contributed by atoms with Crippen LogP contribution in [0.4, 0.5) is 5.82 Å². The summed E-state index contributed by atoms with van der Waals surface area (Å²) in [6, 6.07) is 3.44. The lowest BCUT2D eigenvalue weighted by Crippen LogP contribution is -2.43. The minimum Gasteiger partial charge on any atom is -0.352 e. The molecular formula is C16H24N4O2. The Hall–Kier alpha value is -2.11. The maximum absolute atomic E-state index is 12.2. The fourth-order valence-corrected chi connectivity index (χ4v) is 2.63. The Morgan fingerprint density at radius 1 is 1.41 bits per heavy atom. The van der Waals surface area contributed by atoms with Gasteiger partial charge in [0, 0.05) is 33.4 Å². The second-order valence-corrected chi connectivity index (χ2v) is 5.75. The van der Waals surface area contributed by atoms with Gasteiger partial charge < -0.3 is 15.1 Å². The molecule has 2 heterocycles. The Kier molecular flexibility index (Phi) is 5.35. The van der Waals surface area contributed by atoms with Crippen LogP contribution >= 0.6 is 0 Å². The van der Waals surface area contributed by atoms with Crippen LogP contribution in [0.2, 0.25) is 0 Å². The number of nitrogens with zero attached hydrogens (tertiary/aromatic N) is 3. The number of nitrogens with one attached hydrogen (secondary N) is 1. The van der Waals surface area contributed by atoms with Crippen LogP contribution in [0.15, 0.2) is 18.3 Å². The average molecular weight is 304 g/mol. The van der Waals surface area contributed by atoms with Crippen molar-refractivity contribution in [2.24, 2.45) is 0 Å². The second kappa shape index (κ2) is 7.24. The first-order valence-corrected chi connectivity index (χ1v) is 7.76.